The highest BCUT2D eigenvalue weighted by Gasteiger charge is 2.12. The van der Waals surface area contributed by atoms with E-state index in [1.54, 1.807) is 15.7 Å². The average Bonchev–Trinajstić information content (AvgIpc) is 3.18. The molecule has 0 aliphatic carbocycles. The van der Waals surface area contributed by atoms with Gasteiger partial charge in [0.15, 0.2) is 4.96 Å². The van der Waals surface area contributed by atoms with Crippen molar-refractivity contribution in [2.75, 3.05) is 0 Å². The number of hydrogen-bond acceptors (Lipinski definition) is 3. The Morgan fingerprint density at radius 3 is 2.10 bits per heavy atom. The summed E-state index contributed by atoms with van der Waals surface area (Å²) < 4.78 is 2.79. The number of hydrogen-bond donors (Lipinski definition) is 0. The smallest absolute Gasteiger partial charge is 0.266 e. The van der Waals surface area contributed by atoms with Gasteiger partial charge in [-0.05, 0) is 46.5 Å². The van der Waals surface area contributed by atoms with Gasteiger partial charge in [-0.25, -0.2) is 4.98 Å². The minimum absolute atomic E-state index is 0.0183. The molecule has 4 heteroatoms. The highest BCUT2D eigenvalue weighted by Crippen LogP contribution is 2.28. The van der Waals surface area contributed by atoms with Gasteiger partial charge in [0, 0.05) is 0 Å². The Morgan fingerprint density at radius 2 is 1.30 bits per heavy atom. The Bertz CT molecular complexity index is 1600. The van der Waals surface area contributed by atoms with E-state index < -0.39 is 0 Å². The van der Waals surface area contributed by atoms with Crippen LogP contribution in [0.25, 0.3) is 48.3 Å². The zero-order chi connectivity index (χ0) is 20.1. The minimum atomic E-state index is -0.0183. The number of thiazole rings is 1. The zero-order valence-corrected chi connectivity index (χ0v) is 16.8. The molecule has 0 amide bonds. The molecule has 30 heavy (non-hydrogen) atoms. The highest BCUT2D eigenvalue weighted by molar-refractivity contribution is 7.23. The van der Waals surface area contributed by atoms with Gasteiger partial charge in [-0.2, -0.15) is 0 Å². The van der Waals surface area contributed by atoms with Crippen LogP contribution in [-0.2, 0) is 0 Å². The molecular formula is C26H16N2OS. The summed E-state index contributed by atoms with van der Waals surface area (Å²) in [5.74, 6) is 0. The van der Waals surface area contributed by atoms with Crippen LogP contribution >= 0.6 is 11.3 Å². The van der Waals surface area contributed by atoms with Crippen LogP contribution in [0.15, 0.2) is 102 Å². The third-order valence-electron chi connectivity index (χ3n) is 5.47. The van der Waals surface area contributed by atoms with Crippen molar-refractivity contribution in [3.05, 3.63) is 107 Å². The fraction of sp³-hybridized carbons (Fsp3) is 0. The Balaban J connectivity index is 1.51. The predicted octanol–water partition coefficient (Wildman–Crippen LogP) is 6.40. The minimum Gasteiger partial charge on any atom is -0.268 e. The molecule has 0 N–H and O–H groups in total. The second kappa shape index (κ2) is 6.65. The second-order valence-electron chi connectivity index (χ2n) is 7.28. The van der Waals surface area contributed by atoms with Crippen LogP contribution in [0.4, 0.5) is 0 Å². The van der Waals surface area contributed by atoms with Gasteiger partial charge in [-0.15, -0.1) is 0 Å². The van der Waals surface area contributed by atoms with Gasteiger partial charge >= 0.3 is 0 Å². The zero-order valence-electron chi connectivity index (χ0n) is 15.9. The van der Waals surface area contributed by atoms with Crippen molar-refractivity contribution in [3.63, 3.8) is 0 Å². The first-order chi connectivity index (χ1) is 14.8. The van der Waals surface area contributed by atoms with E-state index in [0.29, 0.717) is 5.39 Å². The van der Waals surface area contributed by atoms with Crippen molar-refractivity contribution in [1.82, 2.24) is 9.38 Å². The SMILES string of the molecule is O=c1c2cc(-c3ccc(-c4ccccc4)cc3)ccc2nc2sc3ccccc3n12. The molecule has 0 bridgehead atoms. The molecule has 142 valence electrons. The summed E-state index contributed by atoms with van der Waals surface area (Å²) in [4.78, 5) is 18.8. The van der Waals surface area contributed by atoms with Gasteiger partial charge in [-0.3, -0.25) is 9.20 Å². The molecule has 3 nitrogen and oxygen atoms in total. The lowest BCUT2D eigenvalue weighted by Crippen LogP contribution is -2.13. The van der Waals surface area contributed by atoms with E-state index in [4.69, 9.17) is 4.98 Å². The molecule has 4 aromatic carbocycles. The molecule has 0 aliphatic rings. The van der Waals surface area contributed by atoms with Crippen LogP contribution in [0.3, 0.4) is 0 Å². The van der Waals surface area contributed by atoms with Crippen molar-refractivity contribution < 1.29 is 0 Å². The number of nitrogens with zero attached hydrogens (tertiary/aromatic N) is 2. The van der Waals surface area contributed by atoms with Crippen LogP contribution in [-0.4, -0.2) is 9.38 Å². The fourth-order valence-electron chi connectivity index (χ4n) is 3.94. The summed E-state index contributed by atoms with van der Waals surface area (Å²) in [7, 11) is 0. The molecular weight excluding hydrogens is 388 g/mol. The number of aromatic nitrogens is 2. The van der Waals surface area contributed by atoms with Crippen molar-refractivity contribution >= 4 is 37.4 Å². The standard InChI is InChI=1S/C26H16N2OS/c29-25-21-16-20(19-12-10-18(11-13-19)17-6-2-1-3-7-17)14-15-22(21)27-26-28(25)23-8-4-5-9-24(23)30-26/h1-16H. The van der Waals surface area contributed by atoms with Crippen LogP contribution in [0.5, 0.6) is 0 Å². The Labute approximate surface area is 176 Å². The molecule has 0 saturated heterocycles. The fourth-order valence-corrected chi connectivity index (χ4v) is 4.96. The Kier molecular flexibility index (Phi) is 3.79. The highest BCUT2D eigenvalue weighted by atomic mass is 32.1. The van der Waals surface area contributed by atoms with Gasteiger partial charge in [0.05, 0.1) is 21.1 Å². The van der Waals surface area contributed by atoms with Crippen LogP contribution in [0.2, 0.25) is 0 Å². The number of benzene rings is 4. The largest absolute Gasteiger partial charge is 0.268 e. The molecule has 0 spiro atoms. The van der Waals surface area contributed by atoms with Gasteiger partial charge < -0.3 is 0 Å². The summed E-state index contributed by atoms with van der Waals surface area (Å²) in [6.07, 6.45) is 0. The number of rotatable bonds is 2. The maximum absolute atomic E-state index is 13.3. The lowest BCUT2D eigenvalue weighted by Gasteiger charge is -2.06. The first-order valence-electron chi connectivity index (χ1n) is 9.78. The summed E-state index contributed by atoms with van der Waals surface area (Å²) >= 11 is 1.54. The Morgan fingerprint density at radius 1 is 0.667 bits per heavy atom. The predicted molar refractivity (Wildman–Crippen MR) is 125 cm³/mol. The molecule has 6 aromatic rings. The molecule has 0 radical (unpaired) electrons. The second-order valence-corrected chi connectivity index (χ2v) is 8.29. The molecule has 6 rings (SSSR count). The molecule has 0 aliphatic heterocycles. The summed E-state index contributed by atoms with van der Waals surface area (Å²) in [5.41, 5.74) is 6.09. The lowest BCUT2D eigenvalue weighted by atomic mass is 9.99. The van der Waals surface area contributed by atoms with E-state index in [9.17, 15) is 4.79 Å². The van der Waals surface area contributed by atoms with Gasteiger partial charge in [-0.1, -0.05) is 84.1 Å². The van der Waals surface area contributed by atoms with Crippen molar-refractivity contribution in [2.24, 2.45) is 0 Å². The van der Waals surface area contributed by atoms with Crippen LogP contribution in [0.1, 0.15) is 0 Å². The van der Waals surface area contributed by atoms with E-state index in [1.165, 1.54) is 11.1 Å². The average molecular weight is 404 g/mol. The molecule has 0 unspecified atom stereocenters. The maximum Gasteiger partial charge on any atom is 0.266 e. The monoisotopic (exact) mass is 404 g/mol. The molecule has 2 aromatic heterocycles. The van der Waals surface area contributed by atoms with E-state index in [2.05, 4.69) is 36.4 Å². The Hall–Kier alpha value is -3.76. The topological polar surface area (TPSA) is 34.4 Å². The number of para-hydroxylation sites is 1. The lowest BCUT2D eigenvalue weighted by molar-refractivity contribution is 1.16. The third kappa shape index (κ3) is 2.65. The molecule has 0 fully saturated rings. The summed E-state index contributed by atoms with van der Waals surface area (Å²) in [6, 6.07) is 32.6. The number of fused-ring (bicyclic) bond motifs is 4. The van der Waals surface area contributed by atoms with Crippen molar-refractivity contribution in [2.45, 2.75) is 0 Å². The quantitative estimate of drug-likeness (QED) is 0.335. The van der Waals surface area contributed by atoms with Gasteiger partial charge in [0.2, 0.25) is 0 Å². The molecule has 0 saturated carbocycles. The van der Waals surface area contributed by atoms with E-state index in [0.717, 1.165) is 31.8 Å². The first kappa shape index (κ1) is 17.1. The molecule has 2 heterocycles. The van der Waals surface area contributed by atoms with Crippen molar-refractivity contribution in [3.8, 4) is 22.3 Å². The van der Waals surface area contributed by atoms with Crippen molar-refractivity contribution in [1.29, 1.82) is 0 Å². The van der Waals surface area contributed by atoms with E-state index in [-0.39, 0.29) is 5.56 Å². The van der Waals surface area contributed by atoms with E-state index >= 15 is 0 Å². The van der Waals surface area contributed by atoms with Gasteiger partial charge in [0.1, 0.15) is 0 Å². The third-order valence-corrected chi connectivity index (χ3v) is 6.49. The normalized spacial score (nSPS) is 11.5. The molecule has 0 atom stereocenters. The summed E-state index contributed by atoms with van der Waals surface area (Å²) in [6.45, 7) is 0. The van der Waals surface area contributed by atoms with Crippen LogP contribution in [0, 0.1) is 0 Å². The van der Waals surface area contributed by atoms with Gasteiger partial charge in [0.25, 0.3) is 5.56 Å². The maximum atomic E-state index is 13.3. The first-order valence-corrected chi connectivity index (χ1v) is 10.6. The van der Waals surface area contributed by atoms with E-state index in [1.807, 2.05) is 60.7 Å². The van der Waals surface area contributed by atoms with Crippen LogP contribution < -0.4 is 5.56 Å². The summed E-state index contributed by atoms with van der Waals surface area (Å²) in [5, 5.41) is 0.640.